The van der Waals surface area contributed by atoms with Crippen LogP contribution in [0.25, 0.3) is 0 Å². The lowest BCUT2D eigenvalue weighted by Crippen LogP contribution is -2.43. The van der Waals surface area contributed by atoms with Crippen LogP contribution < -0.4 is 16.6 Å². The number of methoxy groups -OCH3 is 1. The molecule has 2 aromatic rings. The number of nitrogens with zero attached hydrogens (tertiary/aromatic N) is 2. The number of anilines is 1. The first-order valence-electron chi connectivity index (χ1n) is 7.69. The molecule has 0 aromatic carbocycles. The fourth-order valence-electron chi connectivity index (χ4n) is 3.21. The summed E-state index contributed by atoms with van der Waals surface area (Å²) in [5.74, 6) is -0.658. The Hall–Kier alpha value is -2.61. The minimum atomic E-state index is -0.575. The normalized spacial score (nSPS) is 16.4. The van der Waals surface area contributed by atoms with Gasteiger partial charge >= 0.3 is 11.7 Å². The average molecular weight is 361 g/mol. The molecule has 0 saturated heterocycles. The molecule has 25 heavy (non-hydrogen) atoms. The van der Waals surface area contributed by atoms with Crippen LogP contribution in [-0.2, 0) is 23.6 Å². The zero-order valence-corrected chi connectivity index (χ0v) is 15.5. The zero-order valence-electron chi connectivity index (χ0n) is 14.7. The molecule has 0 amide bonds. The third-order valence-electron chi connectivity index (χ3n) is 4.56. The topological polar surface area (TPSA) is 82.3 Å². The third-order valence-corrected chi connectivity index (χ3v) is 5.64. The maximum Gasteiger partial charge on any atom is 0.336 e. The molecule has 0 unspecified atom stereocenters. The summed E-state index contributed by atoms with van der Waals surface area (Å²) in [6, 6.07) is 1.94. The number of allylic oxidation sites excluding steroid dienone is 1. The van der Waals surface area contributed by atoms with Crippen molar-refractivity contribution in [3.8, 4) is 0 Å². The maximum absolute atomic E-state index is 12.9. The molecule has 0 bridgehead atoms. The summed E-state index contributed by atoms with van der Waals surface area (Å²) in [5, 5.41) is 4.97. The molecule has 3 rings (SSSR count). The predicted octanol–water partition coefficient (Wildman–Crippen LogP) is 1.46. The highest BCUT2D eigenvalue weighted by atomic mass is 32.1. The van der Waals surface area contributed by atoms with E-state index in [0.717, 1.165) is 15.0 Å². The van der Waals surface area contributed by atoms with E-state index in [2.05, 4.69) is 5.32 Å². The summed E-state index contributed by atoms with van der Waals surface area (Å²) in [5.41, 5.74) is 1.47. The molecule has 3 heterocycles. The van der Waals surface area contributed by atoms with E-state index in [0.29, 0.717) is 22.7 Å². The Kier molecular flexibility index (Phi) is 4.16. The number of carbonyl (C=O) groups is 1. The second kappa shape index (κ2) is 6.03. The molecule has 1 aliphatic heterocycles. The Morgan fingerprint density at radius 2 is 1.92 bits per heavy atom. The van der Waals surface area contributed by atoms with E-state index in [9.17, 15) is 14.4 Å². The van der Waals surface area contributed by atoms with E-state index in [4.69, 9.17) is 4.74 Å². The van der Waals surface area contributed by atoms with Crippen molar-refractivity contribution in [1.29, 1.82) is 0 Å². The van der Waals surface area contributed by atoms with Gasteiger partial charge in [0.25, 0.3) is 5.56 Å². The lowest BCUT2D eigenvalue weighted by atomic mass is 9.85. The fourth-order valence-corrected chi connectivity index (χ4v) is 4.26. The van der Waals surface area contributed by atoms with Crippen LogP contribution in [0.5, 0.6) is 0 Å². The van der Waals surface area contributed by atoms with E-state index in [1.807, 2.05) is 18.4 Å². The second-order valence-corrected chi connectivity index (χ2v) is 6.97. The van der Waals surface area contributed by atoms with Gasteiger partial charge in [0, 0.05) is 24.7 Å². The standard InChI is InChI=1S/C17H19N3O4S/c1-8-6-7-25-13(8)11-10(16(22)24-5)9(2)18-14-12(11)15(21)20(4)17(23)19(14)3/h6-7,11,18H,1-5H3/t11-/m0/s1. The van der Waals surface area contributed by atoms with Gasteiger partial charge < -0.3 is 10.1 Å². The van der Waals surface area contributed by atoms with Crippen molar-refractivity contribution >= 4 is 23.1 Å². The molecule has 8 heteroatoms. The van der Waals surface area contributed by atoms with Crippen molar-refractivity contribution in [3.63, 3.8) is 0 Å². The molecule has 0 aliphatic carbocycles. The summed E-state index contributed by atoms with van der Waals surface area (Å²) in [6.07, 6.45) is 0. The van der Waals surface area contributed by atoms with Gasteiger partial charge in [0.15, 0.2) is 0 Å². The Morgan fingerprint density at radius 3 is 2.48 bits per heavy atom. The second-order valence-electron chi connectivity index (χ2n) is 6.02. The van der Waals surface area contributed by atoms with Crippen molar-refractivity contribution in [1.82, 2.24) is 9.13 Å². The highest BCUT2D eigenvalue weighted by molar-refractivity contribution is 7.10. The van der Waals surface area contributed by atoms with E-state index in [1.165, 1.54) is 30.1 Å². The quantitative estimate of drug-likeness (QED) is 0.819. The van der Waals surface area contributed by atoms with E-state index in [-0.39, 0.29) is 0 Å². The van der Waals surface area contributed by atoms with Crippen LogP contribution in [0.15, 0.2) is 32.3 Å². The molecule has 132 valence electrons. The molecule has 0 radical (unpaired) electrons. The number of nitrogens with one attached hydrogen (secondary N) is 1. The van der Waals surface area contributed by atoms with Gasteiger partial charge in [0.1, 0.15) is 5.82 Å². The number of hydrogen-bond acceptors (Lipinski definition) is 6. The first kappa shape index (κ1) is 17.2. The first-order valence-corrected chi connectivity index (χ1v) is 8.57. The molecule has 0 fully saturated rings. The van der Waals surface area contributed by atoms with Crippen molar-refractivity contribution in [2.24, 2.45) is 14.1 Å². The molecule has 1 aliphatic rings. The number of aryl methyl sites for hydroxylation is 1. The summed E-state index contributed by atoms with van der Waals surface area (Å²) in [6.45, 7) is 3.68. The molecule has 0 saturated carbocycles. The van der Waals surface area contributed by atoms with Crippen LogP contribution in [-0.4, -0.2) is 22.2 Å². The molecule has 7 nitrogen and oxygen atoms in total. The summed E-state index contributed by atoms with van der Waals surface area (Å²) in [7, 11) is 4.35. The monoisotopic (exact) mass is 361 g/mol. The summed E-state index contributed by atoms with van der Waals surface area (Å²) >= 11 is 1.47. The van der Waals surface area contributed by atoms with Crippen LogP contribution in [0, 0.1) is 6.92 Å². The molecular weight excluding hydrogens is 342 g/mol. The van der Waals surface area contributed by atoms with Gasteiger partial charge in [0.05, 0.1) is 24.2 Å². The van der Waals surface area contributed by atoms with Crippen LogP contribution in [0.2, 0.25) is 0 Å². The van der Waals surface area contributed by atoms with Gasteiger partial charge in [-0.05, 0) is 30.9 Å². The lowest BCUT2D eigenvalue weighted by molar-refractivity contribution is -0.136. The zero-order chi connectivity index (χ0) is 18.5. The fraction of sp³-hybridized carbons (Fsp3) is 0.353. The van der Waals surface area contributed by atoms with Crippen LogP contribution >= 0.6 is 11.3 Å². The average Bonchev–Trinajstić information content (AvgIpc) is 3.02. The molecule has 2 aromatic heterocycles. The lowest BCUT2D eigenvalue weighted by Gasteiger charge is -2.30. The summed E-state index contributed by atoms with van der Waals surface area (Å²) < 4.78 is 7.41. The van der Waals surface area contributed by atoms with Crippen molar-refractivity contribution in [2.75, 3.05) is 12.4 Å². The number of carbonyl (C=O) groups excluding carboxylic acids is 1. The van der Waals surface area contributed by atoms with Crippen LogP contribution in [0.4, 0.5) is 5.82 Å². The molecule has 1 N–H and O–H groups in total. The Morgan fingerprint density at radius 1 is 1.24 bits per heavy atom. The number of fused-ring (bicyclic) bond motifs is 1. The largest absolute Gasteiger partial charge is 0.466 e. The summed E-state index contributed by atoms with van der Waals surface area (Å²) in [4.78, 5) is 38.5. The number of hydrogen-bond donors (Lipinski definition) is 1. The van der Waals surface area contributed by atoms with E-state index < -0.39 is 23.1 Å². The Balaban J connectivity index is 2.44. The van der Waals surface area contributed by atoms with Gasteiger partial charge in [-0.25, -0.2) is 9.59 Å². The minimum Gasteiger partial charge on any atom is -0.466 e. The Labute approximate surface area is 148 Å². The van der Waals surface area contributed by atoms with Gasteiger partial charge in [-0.3, -0.25) is 13.9 Å². The van der Waals surface area contributed by atoms with E-state index in [1.54, 1.807) is 14.0 Å². The highest BCUT2D eigenvalue weighted by Crippen LogP contribution is 2.42. The first-order chi connectivity index (χ1) is 11.8. The molecule has 0 spiro atoms. The SMILES string of the molecule is COC(=O)C1=C(C)Nc2c(c(=O)n(C)c(=O)n2C)[C@H]1c1sccc1C. The van der Waals surface area contributed by atoms with Crippen molar-refractivity contribution < 1.29 is 9.53 Å². The van der Waals surface area contributed by atoms with Crippen molar-refractivity contribution in [3.05, 3.63) is 59.6 Å². The third kappa shape index (κ3) is 2.44. The smallest absolute Gasteiger partial charge is 0.336 e. The Bertz CT molecular complexity index is 1030. The number of esters is 1. The minimum absolute atomic E-state index is 0.376. The van der Waals surface area contributed by atoms with Crippen molar-refractivity contribution in [2.45, 2.75) is 19.8 Å². The van der Waals surface area contributed by atoms with E-state index >= 15 is 0 Å². The predicted molar refractivity (Wildman–Crippen MR) is 96.2 cm³/mol. The van der Waals surface area contributed by atoms with Gasteiger partial charge in [0.2, 0.25) is 0 Å². The molecular formula is C17H19N3O4S. The number of rotatable bonds is 2. The number of aromatic nitrogens is 2. The van der Waals surface area contributed by atoms with Gasteiger partial charge in [-0.15, -0.1) is 11.3 Å². The maximum atomic E-state index is 12.9. The van der Waals surface area contributed by atoms with Gasteiger partial charge in [-0.1, -0.05) is 0 Å². The van der Waals surface area contributed by atoms with Gasteiger partial charge in [-0.2, -0.15) is 0 Å². The molecule has 1 atom stereocenters. The highest BCUT2D eigenvalue weighted by Gasteiger charge is 2.38. The number of ether oxygens (including phenoxy) is 1. The van der Waals surface area contributed by atoms with Crippen LogP contribution in [0.1, 0.15) is 28.8 Å². The van der Waals surface area contributed by atoms with Crippen LogP contribution in [0.3, 0.4) is 0 Å². The number of thiophene rings is 1.